The summed E-state index contributed by atoms with van der Waals surface area (Å²) in [6.07, 6.45) is 1.40. The molecular formula is C13H12Cl2N2O4S. The van der Waals surface area contributed by atoms with E-state index in [4.69, 9.17) is 32.7 Å². The normalized spacial score (nSPS) is 11.1. The van der Waals surface area contributed by atoms with Crippen molar-refractivity contribution >= 4 is 38.9 Å². The Labute approximate surface area is 138 Å². The highest BCUT2D eigenvalue weighted by Crippen LogP contribution is 2.37. The molecule has 0 unspecified atom stereocenters. The van der Waals surface area contributed by atoms with Crippen LogP contribution in [-0.4, -0.2) is 27.6 Å². The predicted molar refractivity (Wildman–Crippen MR) is 84.6 cm³/mol. The Morgan fingerprint density at radius 3 is 2.41 bits per heavy atom. The summed E-state index contributed by atoms with van der Waals surface area (Å²) in [4.78, 5) is 3.60. The van der Waals surface area contributed by atoms with E-state index < -0.39 is 10.0 Å². The molecule has 0 aliphatic carbocycles. The number of aromatic nitrogens is 1. The van der Waals surface area contributed by atoms with Gasteiger partial charge in [0.2, 0.25) is 0 Å². The summed E-state index contributed by atoms with van der Waals surface area (Å²) in [5.74, 6) is 0.548. The number of hydrogen-bond donors (Lipinski definition) is 1. The van der Waals surface area contributed by atoms with Crippen LogP contribution >= 0.6 is 23.2 Å². The molecule has 1 aromatic heterocycles. The fourth-order valence-corrected chi connectivity index (χ4v) is 3.46. The summed E-state index contributed by atoms with van der Waals surface area (Å²) in [6, 6.07) is 5.68. The summed E-state index contributed by atoms with van der Waals surface area (Å²) in [5.41, 5.74) is 0.170. The minimum Gasteiger partial charge on any atom is -0.495 e. The molecule has 0 atom stereocenters. The van der Waals surface area contributed by atoms with Crippen LogP contribution in [0.15, 0.2) is 35.4 Å². The van der Waals surface area contributed by atoms with Gasteiger partial charge in [-0.05, 0) is 12.1 Å². The molecule has 0 bridgehead atoms. The largest absolute Gasteiger partial charge is 0.495 e. The molecule has 0 aliphatic heterocycles. The quantitative estimate of drug-likeness (QED) is 0.826. The highest BCUT2D eigenvalue weighted by Gasteiger charge is 2.21. The number of halogens is 2. The Kier molecular flexibility index (Phi) is 5.00. The second kappa shape index (κ2) is 6.60. The highest BCUT2D eigenvalue weighted by molar-refractivity contribution is 7.92. The van der Waals surface area contributed by atoms with Gasteiger partial charge in [0.1, 0.15) is 21.5 Å². The van der Waals surface area contributed by atoms with Crippen LogP contribution in [0.4, 0.5) is 5.69 Å². The number of methoxy groups -OCH3 is 2. The van der Waals surface area contributed by atoms with Crippen molar-refractivity contribution in [1.82, 2.24) is 4.98 Å². The van der Waals surface area contributed by atoms with E-state index >= 15 is 0 Å². The summed E-state index contributed by atoms with van der Waals surface area (Å²) >= 11 is 11.8. The lowest BCUT2D eigenvalue weighted by Crippen LogP contribution is -2.14. The third kappa shape index (κ3) is 3.37. The van der Waals surface area contributed by atoms with Crippen molar-refractivity contribution in [2.75, 3.05) is 18.9 Å². The van der Waals surface area contributed by atoms with Crippen molar-refractivity contribution in [3.8, 4) is 11.5 Å². The Hall–Kier alpha value is -1.70. The van der Waals surface area contributed by atoms with Crippen LogP contribution in [0.2, 0.25) is 10.2 Å². The number of anilines is 1. The van der Waals surface area contributed by atoms with Gasteiger partial charge in [0.25, 0.3) is 10.0 Å². The van der Waals surface area contributed by atoms with E-state index in [9.17, 15) is 8.42 Å². The highest BCUT2D eigenvalue weighted by atomic mass is 35.5. The van der Waals surface area contributed by atoms with Crippen LogP contribution in [-0.2, 0) is 10.0 Å². The molecule has 0 fully saturated rings. The van der Waals surface area contributed by atoms with Gasteiger partial charge >= 0.3 is 0 Å². The number of nitrogens with zero attached hydrogens (tertiary/aromatic N) is 1. The number of benzene rings is 1. The number of ether oxygens (including phenoxy) is 2. The molecule has 2 aromatic rings. The van der Waals surface area contributed by atoms with Gasteiger partial charge in [-0.1, -0.05) is 23.2 Å². The summed E-state index contributed by atoms with van der Waals surface area (Å²) < 4.78 is 37.4. The van der Waals surface area contributed by atoms with Crippen LogP contribution in [0, 0.1) is 0 Å². The maximum atomic E-state index is 12.4. The molecule has 2 rings (SSSR count). The molecule has 6 nitrogen and oxygen atoms in total. The number of rotatable bonds is 5. The van der Waals surface area contributed by atoms with Crippen molar-refractivity contribution in [2.45, 2.75) is 4.90 Å². The van der Waals surface area contributed by atoms with E-state index in [2.05, 4.69) is 9.71 Å². The van der Waals surface area contributed by atoms with Crippen LogP contribution in [0.3, 0.4) is 0 Å². The zero-order valence-electron chi connectivity index (χ0n) is 11.6. The summed E-state index contributed by atoms with van der Waals surface area (Å²) in [5, 5.41) is 0.164. The van der Waals surface area contributed by atoms with Crippen molar-refractivity contribution in [1.29, 1.82) is 0 Å². The Morgan fingerprint density at radius 2 is 1.82 bits per heavy atom. The van der Waals surface area contributed by atoms with E-state index in [0.29, 0.717) is 10.8 Å². The lowest BCUT2D eigenvalue weighted by atomic mass is 10.3. The second-order valence-corrected chi connectivity index (χ2v) is 6.50. The van der Waals surface area contributed by atoms with Crippen molar-refractivity contribution in [2.24, 2.45) is 0 Å². The standard InChI is InChI=1S/C13H12Cl2N2O4S/c1-20-10-7-9(11(21-2)6-8(10)14)17-22(18,19)12-4-3-5-16-13(12)15/h3-7,17H,1-2H3. The van der Waals surface area contributed by atoms with Crippen molar-refractivity contribution < 1.29 is 17.9 Å². The molecule has 0 saturated carbocycles. The van der Waals surface area contributed by atoms with Crippen LogP contribution in [0.1, 0.15) is 0 Å². The molecular weight excluding hydrogens is 351 g/mol. The Balaban J connectivity index is 2.48. The van der Waals surface area contributed by atoms with E-state index in [1.807, 2.05) is 0 Å². The monoisotopic (exact) mass is 362 g/mol. The second-order valence-electron chi connectivity index (χ2n) is 4.08. The smallest absolute Gasteiger partial charge is 0.265 e. The molecule has 9 heteroatoms. The van der Waals surface area contributed by atoms with Gasteiger partial charge in [-0.2, -0.15) is 0 Å². The van der Waals surface area contributed by atoms with E-state index in [-0.39, 0.29) is 21.5 Å². The van der Waals surface area contributed by atoms with Gasteiger partial charge in [0.05, 0.1) is 24.9 Å². The average Bonchev–Trinajstić information content (AvgIpc) is 2.48. The number of sulfonamides is 1. The first-order valence-corrected chi connectivity index (χ1v) is 8.18. The SMILES string of the molecule is COc1cc(NS(=O)(=O)c2cccnc2Cl)c(OC)cc1Cl. The first-order chi connectivity index (χ1) is 10.4. The molecule has 0 spiro atoms. The van der Waals surface area contributed by atoms with Crippen LogP contribution in [0.5, 0.6) is 11.5 Å². The number of nitrogens with one attached hydrogen (secondary N) is 1. The van der Waals surface area contributed by atoms with E-state index in [1.165, 1.54) is 44.7 Å². The molecule has 1 N–H and O–H groups in total. The van der Waals surface area contributed by atoms with Gasteiger partial charge in [0.15, 0.2) is 0 Å². The maximum Gasteiger partial charge on any atom is 0.265 e. The predicted octanol–water partition coefficient (Wildman–Crippen LogP) is 3.21. The summed E-state index contributed by atoms with van der Waals surface area (Å²) in [6.45, 7) is 0. The van der Waals surface area contributed by atoms with E-state index in [0.717, 1.165) is 0 Å². The molecule has 118 valence electrons. The molecule has 0 amide bonds. The molecule has 1 aromatic carbocycles. The third-order valence-electron chi connectivity index (χ3n) is 2.73. The molecule has 0 aliphatic rings. The van der Waals surface area contributed by atoms with Gasteiger partial charge in [-0.3, -0.25) is 4.72 Å². The zero-order valence-corrected chi connectivity index (χ0v) is 14.0. The van der Waals surface area contributed by atoms with Crippen molar-refractivity contribution in [3.63, 3.8) is 0 Å². The first kappa shape index (κ1) is 16.7. The Morgan fingerprint density at radius 1 is 1.14 bits per heavy atom. The first-order valence-electron chi connectivity index (χ1n) is 5.94. The zero-order chi connectivity index (χ0) is 16.3. The maximum absolute atomic E-state index is 12.4. The topological polar surface area (TPSA) is 77.5 Å². The molecule has 0 saturated heterocycles. The van der Waals surface area contributed by atoms with Gasteiger partial charge < -0.3 is 9.47 Å². The fourth-order valence-electron chi connectivity index (χ4n) is 1.71. The number of hydrogen-bond acceptors (Lipinski definition) is 5. The Bertz CT molecular complexity index is 797. The minimum absolute atomic E-state index is 0.130. The average molecular weight is 363 g/mol. The van der Waals surface area contributed by atoms with Gasteiger partial charge in [-0.25, -0.2) is 13.4 Å². The number of pyridine rings is 1. The fraction of sp³-hybridized carbons (Fsp3) is 0.154. The molecule has 22 heavy (non-hydrogen) atoms. The molecule has 0 radical (unpaired) electrons. The van der Waals surface area contributed by atoms with Crippen LogP contribution < -0.4 is 14.2 Å². The minimum atomic E-state index is -3.94. The lowest BCUT2D eigenvalue weighted by molar-refractivity contribution is 0.405. The van der Waals surface area contributed by atoms with Crippen molar-refractivity contribution in [3.05, 3.63) is 40.6 Å². The summed E-state index contributed by atoms with van der Waals surface area (Å²) in [7, 11) is -1.12. The van der Waals surface area contributed by atoms with Crippen LogP contribution in [0.25, 0.3) is 0 Å². The lowest BCUT2D eigenvalue weighted by Gasteiger charge is -2.14. The molecule has 1 heterocycles. The van der Waals surface area contributed by atoms with Gasteiger partial charge in [-0.15, -0.1) is 0 Å². The van der Waals surface area contributed by atoms with Gasteiger partial charge in [0, 0.05) is 18.3 Å². The van der Waals surface area contributed by atoms with E-state index in [1.54, 1.807) is 0 Å². The third-order valence-corrected chi connectivity index (χ3v) is 4.84.